The van der Waals surface area contributed by atoms with Crippen molar-refractivity contribution >= 4 is 5.97 Å². The number of unbranched alkanes of at least 4 members (excludes halogenated alkanes) is 2. The molecule has 0 amide bonds. The zero-order valence-corrected chi connectivity index (χ0v) is 6.16. The number of aliphatic carboxylic acids is 1. The molecule has 0 aromatic carbocycles. The minimum Gasteiger partial charge on any atom is -0.502 e. The van der Waals surface area contributed by atoms with Gasteiger partial charge in [-0.25, -0.2) is 4.79 Å². The number of aliphatic hydroxyl groups is 2. The summed E-state index contributed by atoms with van der Waals surface area (Å²) in [6, 6.07) is 0. The summed E-state index contributed by atoms with van der Waals surface area (Å²) in [6.45, 7) is 0.0989. The normalized spacial score (nSPS) is 11.5. The molecule has 0 heterocycles. The first-order chi connectivity index (χ1) is 5.18. The van der Waals surface area contributed by atoms with Gasteiger partial charge in [-0.15, -0.1) is 0 Å². The van der Waals surface area contributed by atoms with Crippen molar-refractivity contribution < 1.29 is 20.1 Å². The molecule has 0 aromatic heterocycles. The van der Waals surface area contributed by atoms with Crippen LogP contribution in [0.2, 0.25) is 0 Å². The molecule has 4 nitrogen and oxygen atoms in total. The van der Waals surface area contributed by atoms with Gasteiger partial charge in [-0.3, -0.25) is 0 Å². The quantitative estimate of drug-likeness (QED) is 0.314. The highest BCUT2D eigenvalue weighted by Crippen LogP contribution is 1.98. The van der Waals surface area contributed by atoms with Crippen LogP contribution in [0.5, 0.6) is 0 Å². The van der Waals surface area contributed by atoms with E-state index in [2.05, 4.69) is 0 Å². The third kappa shape index (κ3) is 5.42. The molecule has 0 spiro atoms. The maximum Gasteiger partial charge on any atom is 0.370 e. The number of carboxylic acid groups (broad SMARTS) is 1. The molecule has 0 bridgehead atoms. The van der Waals surface area contributed by atoms with E-state index in [-0.39, 0.29) is 6.61 Å². The molecule has 11 heavy (non-hydrogen) atoms. The summed E-state index contributed by atoms with van der Waals surface area (Å²) >= 11 is 0. The molecule has 0 aliphatic carbocycles. The Bertz CT molecular complexity index is 151. The number of allylic oxidation sites excluding steroid dienone is 1. The molecule has 0 aromatic rings. The van der Waals surface area contributed by atoms with E-state index in [4.69, 9.17) is 15.3 Å². The number of hydrogen-bond donors (Lipinski definition) is 3. The molecule has 4 heteroatoms. The van der Waals surface area contributed by atoms with Crippen LogP contribution in [0.25, 0.3) is 0 Å². The first-order valence-corrected chi connectivity index (χ1v) is 3.41. The van der Waals surface area contributed by atoms with E-state index in [1.54, 1.807) is 0 Å². The Balaban J connectivity index is 3.48. The van der Waals surface area contributed by atoms with Gasteiger partial charge in [0.05, 0.1) is 0 Å². The minimum absolute atomic E-state index is 0.0989. The number of carbonyl (C=O) groups is 1. The maximum atomic E-state index is 10.00. The predicted octanol–water partition coefficient (Wildman–Crippen LogP) is 0.675. The van der Waals surface area contributed by atoms with Gasteiger partial charge in [-0.1, -0.05) is 0 Å². The summed E-state index contributed by atoms with van der Waals surface area (Å²) in [5, 5.41) is 25.1. The van der Waals surface area contributed by atoms with Crippen molar-refractivity contribution in [2.45, 2.75) is 19.3 Å². The summed E-state index contributed by atoms with van der Waals surface area (Å²) in [6.07, 6.45) is 3.04. The fourth-order valence-corrected chi connectivity index (χ4v) is 0.582. The van der Waals surface area contributed by atoms with Crippen LogP contribution in [0.3, 0.4) is 0 Å². The van der Waals surface area contributed by atoms with Crippen molar-refractivity contribution in [3.8, 4) is 0 Å². The van der Waals surface area contributed by atoms with Crippen LogP contribution in [-0.4, -0.2) is 27.9 Å². The van der Waals surface area contributed by atoms with Gasteiger partial charge in [0.25, 0.3) is 0 Å². The Hall–Kier alpha value is -1.03. The van der Waals surface area contributed by atoms with Crippen LogP contribution in [0.15, 0.2) is 11.8 Å². The van der Waals surface area contributed by atoms with Gasteiger partial charge in [0.1, 0.15) is 0 Å². The lowest BCUT2D eigenvalue weighted by Crippen LogP contribution is -1.98. The molecular weight excluding hydrogens is 148 g/mol. The lowest BCUT2D eigenvalue weighted by atomic mass is 10.2. The standard InChI is InChI=1S/C7H12O4/c8-5-3-1-2-4-6(9)7(10)11/h4,8-9H,1-3,5H2,(H,10,11). The number of hydrogen-bond acceptors (Lipinski definition) is 3. The second-order valence-corrected chi connectivity index (χ2v) is 2.11. The molecular formula is C7H12O4. The van der Waals surface area contributed by atoms with E-state index in [0.29, 0.717) is 19.3 Å². The number of aliphatic hydroxyl groups excluding tert-OH is 2. The molecule has 0 fully saturated rings. The fourth-order valence-electron chi connectivity index (χ4n) is 0.582. The molecule has 0 saturated carbocycles. The lowest BCUT2D eigenvalue weighted by molar-refractivity contribution is -0.135. The van der Waals surface area contributed by atoms with Crippen LogP contribution in [0.4, 0.5) is 0 Å². The van der Waals surface area contributed by atoms with Crippen LogP contribution in [-0.2, 0) is 4.79 Å². The Morgan fingerprint density at radius 2 is 1.91 bits per heavy atom. The SMILES string of the molecule is O=C(O)C(O)=CCCCCO. The molecule has 0 radical (unpaired) electrons. The van der Waals surface area contributed by atoms with Crippen molar-refractivity contribution in [2.75, 3.05) is 6.61 Å². The van der Waals surface area contributed by atoms with Crippen LogP contribution >= 0.6 is 0 Å². The third-order valence-electron chi connectivity index (χ3n) is 1.17. The molecule has 0 aliphatic heterocycles. The fraction of sp³-hybridized carbons (Fsp3) is 0.571. The third-order valence-corrected chi connectivity index (χ3v) is 1.17. The van der Waals surface area contributed by atoms with Gasteiger partial charge >= 0.3 is 5.97 Å². The average molecular weight is 160 g/mol. The number of carboxylic acids is 1. The highest BCUT2D eigenvalue weighted by Gasteiger charge is 2.00. The topological polar surface area (TPSA) is 77.8 Å². The van der Waals surface area contributed by atoms with E-state index in [0.717, 1.165) is 0 Å². The van der Waals surface area contributed by atoms with E-state index in [1.165, 1.54) is 6.08 Å². The monoisotopic (exact) mass is 160 g/mol. The minimum atomic E-state index is -1.31. The van der Waals surface area contributed by atoms with Crippen LogP contribution < -0.4 is 0 Å². The smallest absolute Gasteiger partial charge is 0.370 e. The van der Waals surface area contributed by atoms with E-state index in [1.807, 2.05) is 0 Å². The molecule has 64 valence electrons. The second-order valence-electron chi connectivity index (χ2n) is 2.11. The van der Waals surface area contributed by atoms with Crippen LogP contribution in [0, 0.1) is 0 Å². The van der Waals surface area contributed by atoms with Gasteiger partial charge in [0, 0.05) is 6.61 Å². The predicted molar refractivity (Wildman–Crippen MR) is 39.3 cm³/mol. The Labute approximate surface area is 64.8 Å². The maximum absolute atomic E-state index is 10.00. The summed E-state index contributed by atoms with van der Waals surface area (Å²) in [5.41, 5.74) is 0. The molecule has 3 N–H and O–H groups in total. The van der Waals surface area contributed by atoms with Gasteiger partial charge in [0.15, 0.2) is 5.76 Å². The first-order valence-electron chi connectivity index (χ1n) is 3.41. The van der Waals surface area contributed by atoms with Crippen LogP contribution in [0.1, 0.15) is 19.3 Å². The van der Waals surface area contributed by atoms with Crippen molar-refractivity contribution in [2.24, 2.45) is 0 Å². The summed E-state index contributed by atoms with van der Waals surface area (Å²) in [4.78, 5) is 10.00. The lowest BCUT2D eigenvalue weighted by Gasteiger charge is -1.92. The zero-order chi connectivity index (χ0) is 8.69. The first kappa shape index (κ1) is 9.97. The zero-order valence-electron chi connectivity index (χ0n) is 6.16. The van der Waals surface area contributed by atoms with Gasteiger partial charge in [-0.05, 0) is 25.3 Å². The van der Waals surface area contributed by atoms with E-state index >= 15 is 0 Å². The Kier molecular flexibility index (Phi) is 5.20. The summed E-state index contributed by atoms with van der Waals surface area (Å²) < 4.78 is 0. The molecule has 0 saturated heterocycles. The second kappa shape index (κ2) is 5.73. The van der Waals surface area contributed by atoms with E-state index in [9.17, 15) is 4.79 Å². The van der Waals surface area contributed by atoms with Gasteiger partial charge in [0.2, 0.25) is 0 Å². The van der Waals surface area contributed by atoms with Crippen molar-refractivity contribution in [3.05, 3.63) is 11.8 Å². The highest BCUT2D eigenvalue weighted by atomic mass is 16.4. The largest absolute Gasteiger partial charge is 0.502 e. The van der Waals surface area contributed by atoms with Crippen molar-refractivity contribution in [3.63, 3.8) is 0 Å². The van der Waals surface area contributed by atoms with Crippen molar-refractivity contribution in [1.29, 1.82) is 0 Å². The number of rotatable bonds is 5. The van der Waals surface area contributed by atoms with Gasteiger partial charge < -0.3 is 15.3 Å². The Morgan fingerprint density at radius 1 is 1.27 bits per heavy atom. The highest BCUT2D eigenvalue weighted by molar-refractivity contribution is 5.83. The van der Waals surface area contributed by atoms with Crippen molar-refractivity contribution in [1.82, 2.24) is 0 Å². The summed E-state index contributed by atoms with van der Waals surface area (Å²) in [7, 11) is 0. The molecule has 0 aliphatic rings. The average Bonchev–Trinajstić information content (AvgIpc) is 1.97. The molecule has 0 unspecified atom stereocenters. The van der Waals surface area contributed by atoms with Gasteiger partial charge in [-0.2, -0.15) is 0 Å². The molecule has 0 rings (SSSR count). The van der Waals surface area contributed by atoms with E-state index < -0.39 is 11.7 Å². The molecule has 0 atom stereocenters. The Morgan fingerprint density at radius 3 is 2.36 bits per heavy atom. The summed E-state index contributed by atoms with van der Waals surface area (Å²) in [5.74, 6) is -1.93.